The molecule has 0 saturated heterocycles. The summed E-state index contributed by atoms with van der Waals surface area (Å²) < 4.78 is 5.61. The van der Waals surface area contributed by atoms with E-state index in [1.165, 1.54) is 0 Å². The molecule has 1 aliphatic carbocycles. The highest BCUT2D eigenvalue weighted by Crippen LogP contribution is 2.35. The Morgan fingerprint density at radius 2 is 2.06 bits per heavy atom. The number of carbonyl (C=O) groups excluding carboxylic acids is 1. The first kappa shape index (κ1) is 11.6. The van der Waals surface area contributed by atoms with E-state index in [0.29, 0.717) is 12.0 Å². The molecule has 88 valence electrons. The summed E-state index contributed by atoms with van der Waals surface area (Å²) in [5, 5.41) is 0. The van der Waals surface area contributed by atoms with E-state index in [1.54, 1.807) is 13.2 Å². The standard InChI is InChI=1S/C14H15NO2/c1-17-14(12-7-3-2-4-8-12)9-5-6-11(10-14)13(15)16/h2-9H,10H2,1H3,(H2,15,16). The van der Waals surface area contributed by atoms with Gasteiger partial charge in [0.1, 0.15) is 5.60 Å². The molecule has 0 aliphatic heterocycles. The lowest BCUT2D eigenvalue weighted by molar-refractivity contribution is -0.115. The van der Waals surface area contributed by atoms with Gasteiger partial charge in [0.25, 0.3) is 0 Å². The van der Waals surface area contributed by atoms with Crippen LogP contribution >= 0.6 is 0 Å². The van der Waals surface area contributed by atoms with Gasteiger partial charge in [0.05, 0.1) is 0 Å². The Hall–Kier alpha value is -1.87. The zero-order chi connectivity index (χ0) is 12.3. The summed E-state index contributed by atoms with van der Waals surface area (Å²) in [7, 11) is 1.64. The number of carbonyl (C=O) groups is 1. The largest absolute Gasteiger partial charge is 0.369 e. The van der Waals surface area contributed by atoms with Crippen LogP contribution in [0.4, 0.5) is 0 Å². The summed E-state index contributed by atoms with van der Waals surface area (Å²) in [6, 6.07) is 9.82. The van der Waals surface area contributed by atoms with Crippen molar-refractivity contribution in [3.05, 3.63) is 59.7 Å². The molecule has 1 aromatic carbocycles. The van der Waals surface area contributed by atoms with Gasteiger partial charge in [-0.3, -0.25) is 4.79 Å². The summed E-state index contributed by atoms with van der Waals surface area (Å²) in [4.78, 5) is 11.3. The molecule has 2 N–H and O–H groups in total. The van der Waals surface area contributed by atoms with E-state index in [9.17, 15) is 4.79 Å². The number of methoxy groups -OCH3 is 1. The second-order valence-electron chi connectivity index (χ2n) is 4.05. The molecular formula is C14H15NO2. The molecule has 3 heteroatoms. The number of amides is 1. The van der Waals surface area contributed by atoms with E-state index >= 15 is 0 Å². The zero-order valence-electron chi connectivity index (χ0n) is 9.72. The second kappa shape index (κ2) is 4.55. The maximum atomic E-state index is 11.3. The Morgan fingerprint density at radius 3 is 2.65 bits per heavy atom. The highest BCUT2D eigenvalue weighted by Gasteiger charge is 2.33. The minimum atomic E-state index is -0.583. The van der Waals surface area contributed by atoms with Gasteiger partial charge >= 0.3 is 0 Å². The highest BCUT2D eigenvalue weighted by molar-refractivity contribution is 5.92. The van der Waals surface area contributed by atoms with Gasteiger partial charge < -0.3 is 10.5 Å². The van der Waals surface area contributed by atoms with Crippen LogP contribution in [-0.4, -0.2) is 13.0 Å². The minimum absolute atomic E-state index is 0.397. The number of ether oxygens (including phenoxy) is 1. The zero-order valence-corrected chi connectivity index (χ0v) is 9.72. The fourth-order valence-corrected chi connectivity index (χ4v) is 2.07. The molecular weight excluding hydrogens is 214 g/mol. The molecule has 0 fully saturated rings. The Labute approximate surface area is 101 Å². The van der Waals surface area contributed by atoms with Crippen molar-refractivity contribution in [2.45, 2.75) is 12.0 Å². The summed E-state index contributed by atoms with van der Waals surface area (Å²) in [6.45, 7) is 0. The van der Waals surface area contributed by atoms with Crippen LogP contribution in [-0.2, 0) is 15.1 Å². The molecule has 3 nitrogen and oxygen atoms in total. The van der Waals surface area contributed by atoms with Crippen molar-refractivity contribution in [1.82, 2.24) is 0 Å². The molecule has 0 spiro atoms. The molecule has 0 aromatic heterocycles. The normalized spacial score (nSPS) is 23.2. The third-order valence-corrected chi connectivity index (χ3v) is 3.06. The average molecular weight is 229 g/mol. The molecule has 2 rings (SSSR count). The van der Waals surface area contributed by atoms with Gasteiger partial charge in [0, 0.05) is 19.1 Å². The minimum Gasteiger partial charge on any atom is -0.369 e. The van der Waals surface area contributed by atoms with Crippen LogP contribution in [0.1, 0.15) is 12.0 Å². The fourth-order valence-electron chi connectivity index (χ4n) is 2.07. The quantitative estimate of drug-likeness (QED) is 0.860. The maximum Gasteiger partial charge on any atom is 0.244 e. The number of nitrogens with two attached hydrogens (primary N) is 1. The van der Waals surface area contributed by atoms with Gasteiger partial charge in [0.15, 0.2) is 0 Å². The van der Waals surface area contributed by atoms with Crippen LogP contribution in [0.2, 0.25) is 0 Å². The van der Waals surface area contributed by atoms with E-state index in [0.717, 1.165) is 5.56 Å². The lowest BCUT2D eigenvalue weighted by Gasteiger charge is -2.32. The lowest BCUT2D eigenvalue weighted by Crippen LogP contribution is -2.31. The van der Waals surface area contributed by atoms with Crippen molar-refractivity contribution in [2.75, 3.05) is 7.11 Å². The Balaban J connectivity index is 2.39. The van der Waals surface area contributed by atoms with Gasteiger partial charge in [-0.1, -0.05) is 42.5 Å². The molecule has 1 aliphatic rings. The van der Waals surface area contributed by atoms with Crippen LogP contribution in [0.15, 0.2) is 54.1 Å². The number of primary amides is 1. The van der Waals surface area contributed by atoms with Crippen LogP contribution in [0, 0.1) is 0 Å². The van der Waals surface area contributed by atoms with Crippen molar-refractivity contribution in [1.29, 1.82) is 0 Å². The molecule has 0 radical (unpaired) electrons. The van der Waals surface area contributed by atoms with Crippen LogP contribution in [0.5, 0.6) is 0 Å². The third-order valence-electron chi connectivity index (χ3n) is 3.06. The summed E-state index contributed by atoms with van der Waals surface area (Å²) in [6.07, 6.45) is 5.98. The van der Waals surface area contributed by atoms with E-state index in [4.69, 9.17) is 10.5 Å². The highest BCUT2D eigenvalue weighted by atomic mass is 16.5. The molecule has 0 bridgehead atoms. The average Bonchev–Trinajstić information content (AvgIpc) is 2.39. The molecule has 1 atom stereocenters. The first-order valence-corrected chi connectivity index (χ1v) is 5.47. The van der Waals surface area contributed by atoms with Crippen LogP contribution < -0.4 is 5.73 Å². The summed E-state index contributed by atoms with van der Waals surface area (Å²) in [5.41, 5.74) is 6.34. The first-order valence-electron chi connectivity index (χ1n) is 5.47. The number of hydrogen-bond acceptors (Lipinski definition) is 2. The van der Waals surface area contributed by atoms with Crippen LogP contribution in [0.3, 0.4) is 0 Å². The predicted octanol–water partition coefficient (Wildman–Crippen LogP) is 1.90. The third kappa shape index (κ3) is 2.15. The Morgan fingerprint density at radius 1 is 1.35 bits per heavy atom. The maximum absolute atomic E-state index is 11.3. The van der Waals surface area contributed by atoms with Crippen molar-refractivity contribution >= 4 is 5.91 Å². The lowest BCUT2D eigenvalue weighted by atomic mass is 9.83. The van der Waals surface area contributed by atoms with Crippen molar-refractivity contribution in [3.8, 4) is 0 Å². The fraction of sp³-hybridized carbons (Fsp3) is 0.214. The first-order chi connectivity index (χ1) is 8.18. The monoisotopic (exact) mass is 229 g/mol. The number of rotatable bonds is 3. The summed E-state index contributed by atoms with van der Waals surface area (Å²) >= 11 is 0. The van der Waals surface area contributed by atoms with E-state index in [1.807, 2.05) is 42.5 Å². The van der Waals surface area contributed by atoms with Crippen molar-refractivity contribution < 1.29 is 9.53 Å². The molecule has 0 saturated carbocycles. The van der Waals surface area contributed by atoms with Gasteiger partial charge in [-0.2, -0.15) is 0 Å². The molecule has 17 heavy (non-hydrogen) atoms. The van der Waals surface area contributed by atoms with Gasteiger partial charge in [-0.25, -0.2) is 0 Å². The van der Waals surface area contributed by atoms with E-state index < -0.39 is 11.5 Å². The topological polar surface area (TPSA) is 52.3 Å². The van der Waals surface area contributed by atoms with Gasteiger partial charge in [0.2, 0.25) is 5.91 Å². The molecule has 1 unspecified atom stereocenters. The van der Waals surface area contributed by atoms with Gasteiger partial charge in [-0.05, 0) is 11.6 Å². The smallest absolute Gasteiger partial charge is 0.244 e. The molecule has 0 heterocycles. The summed E-state index contributed by atoms with van der Waals surface area (Å²) in [5.74, 6) is -0.397. The Bertz CT molecular complexity index is 476. The SMILES string of the molecule is COC1(c2ccccc2)C=CC=C(C(N)=O)C1. The molecule has 1 amide bonds. The molecule has 1 aromatic rings. The number of allylic oxidation sites excluding steroid dienone is 2. The number of benzene rings is 1. The van der Waals surface area contributed by atoms with Crippen molar-refractivity contribution in [2.24, 2.45) is 5.73 Å². The van der Waals surface area contributed by atoms with Gasteiger partial charge in [-0.15, -0.1) is 0 Å². The van der Waals surface area contributed by atoms with E-state index in [2.05, 4.69) is 0 Å². The van der Waals surface area contributed by atoms with Crippen molar-refractivity contribution in [3.63, 3.8) is 0 Å². The predicted molar refractivity (Wildman–Crippen MR) is 66.2 cm³/mol. The van der Waals surface area contributed by atoms with E-state index in [-0.39, 0.29) is 0 Å². The number of hydrogen-bond donors (Lipinski definition) is 1. The van der Waals surface area contributed by atoms with Crippen LogP contribution in [0.25, 0.3) is 0 Å². The Kier molecular flexibility index (Phi) is 3.11. The second-order valence-corrected chi connectivity index (χ2v) is 4.05.